The summed E-state index contributed by atoms with van der Waals surface area (Å²) in [6.07, 6.45) is 3.55. The van der Waals surface area contributed by atoms with Gasteiger partial charge < -0.3 is 20.2 Å². The monoisotopic (exact) mass is 514 g/mol. The Labute approximate surface area is 223 Å². The second-order valence-electron chi connectivity index (χ2n) is 9.38. The van der Waals surface area contributed by atoms with Crippen LogP contribution in [0.4, 0.5) is 5.69 Å². The highest BCUT2D eigenvalue weighted by atomic mass is 16.5. The third-order valence-corrected chi connectivity index (χ3v) is 6.79. The summed E-state index contributed by atoms with van der Waals surface area (Å²) in [5.74, 6) is -0.454. The summed E-state index contributed by atoms with van der Waals surface area (Å²) < 4.78 is 11.6. The Bertz CT molecular complexity index is 1250. The molecule has 1 saturated heterocycles. The maximum atomic E-state index is 12.4. The lowest BCUT2D eigenvalue weighted by Crippen LogP contribution is -2.26. The number of ether oxygens (including phenoxy) is 2. The standard InChI is InChI=1S/C30H34N4O4/c1-37-18-7-3-6-13-25(22-11-8-12-23(19-22)34-36)38-24-16-14-21(15-17-24)29-26(28(32)30(35)33-29)27(31)20-9-4-2-5-10-20/h2,4-5,8-12,14-17,19,25-26,29,31-32,34,36H,3,6-7,13,18H2,1H3,(H,33,35). The number of unbranched alkanes of at least 4 members (excludes halogenated alkanes) is 2. The molecule has 0 aliphatic carbocycles. The van der Waals surface area contributed by atoms with Gasteiger partial charge in [-0.25, -0.2) is 0 Å². The number of rotatable bonds is 13. The highest BCUT2D eigenvalue weighted by molar-refractivity contribution is 6.45. The van der Waals surface area contributed by atoms with Crippen molar-refractivity contribution in [1.82, 2.24) is 5.32 Å². The maximum absolute atomic E-state index is 12.4. The average Bonchev–Trinajstić information content (AvgIpc) is 3.26. The molecule has 3 aromatic carbocycles. The maximum Gasteiger partial charge on any atom is 0.266 e. The van der Waals surface area contributed by atoms with Gasteiger partial charge in [0.25, 0.3) is 5.91 Å². The summed E-state index contributed by atoms with van der Waals surface area (Å²) >= 11 is 0. The quantitative estimate of drug-likeness (QED) is 0.114. The van der Waals surface area contributed by atoms with E-state index in [4.69, 9.17) is 20.3 Å². The summed E-state index contributed by atoms with van der Waals surface area (Å²) in [6.45, 7) is 0.731. The van der Waals surface area contributed by atoms with Crippen molar-refractivity contribution in [3.63, 3.8) is 0 Å². The largest absolute Gasteiger partial charge is 0.486 e. The number of carbonyl (C=O) groups excluding carboxylic acids is 1. The Morgan fingerprint density at radius 2 is 1.79 bits per heavy atom. The number of amides is 1. The van der Waals surface area contributed by atoms with Gasteiger partial charge in [0, 0.05) is 13.7 Å². The van der Waals surface area contributed by atoms with Gasteiger partial charge in [-0.05, 0) is 60.2 Å². The van der Waals surface area contributed by atoms with Gasteiger partial charge in [-0.3, -0.25) is 20.9 Å². The van der Waals surface area contributed by atoms with E-state index < -0.39 is 17.9 Å². The van der Waals surface area contributed by atoms with E-state index in [0.717, 1.165) is 43.4 Å². The Kier molecular flexibility index (Phi) is 9.24. The Morgan fingerprint density at radius 1 is 1.03 bits per heavy atom. The molecule has 1 aliphatic rings. The van der Waals surface area contributed by atoms with E-state index in [1.54, 1.807) is 13.2 Å². The van der Waals surface area contributed by atoms with E-state index >= 15 is 0 Å². The molecule has 0 spiro atoms. The molecule has 198 valence electrons. The lowest BCUT2D eigenvalue weighted by Gasteiger charge is -2.22. The lowest BCUT2D eigenvalue weighted by atomic mass is 9.86. The molecule has 1 aliphatic heterocycles. The molecule has 3 aromatic rings. The molecular formula is C30H34N4O4. The SMILES string of the molecule is COCCCCCC(Oc1ccc(C2NC(=O)C(=N)C2C(=N)c2ccccc2)cc1)c1cccc(NO)c1. The van der Waals surface area contributed by atoms with Crippen molar-refractivity contribution < 1.29 is 19.5 Å². The molecule has 1 amide bonds. The summed E-state index contributed by atoms with van der Waals surface area (Å²) in [5.41, 5.74) is 5.38. The number of methoxy groups -OCH3 is 1. The van der Waals surface area contributed by atoms with Crippen LogP contribution in [0, 0.1) is 16.7 Å². The molecule has 0 aromatic heterocycles. The number of hydrogen-bond donors (Lipinski definition) is 5. The van der Waals surface area contributed by atoms with Crippen molar-refractivity contribution in [2.45, 2.75) is 37.8 Å². The first-order valence-corrected chi connectivity index (χ1v) is 12.8. The molecule has 0 bridgehead atoms. The van der Waals surface area contributed by atoms with Crippen molar-refractivity contribution in [2.24, 2.45) is 5.92 Å². The van der Waals surface area contributed by atoms with Gasteiger partial charge in [-0.2, -0.15) is 0 Å². The number of hydrogen-bond acceptors (Lipinski definition) is 7. The van der Waals surface area contributed by atoms with Gasteiger partial charge in [-0.15, -0.1) is 0 Å². The van der Waals surface area contributed by atoms with Gasteiger partial charge in [0.2, 0.25) is 0 Å². The Morgan fingerprint density at radius 3 is 2.50 bits per heavy atom. The normalized spacial score (nSPS) is 17.6. The van der Waals surface area contributed by atoms with Crippen LogP contribution in [-0.4, -0.2) is 36.3 Å². The van der Waals surface area contributed by atoms with Crippen molar-refractivity contribution in [2.75, 3.05) is 19.2 Å². The van der Waals surface area contributed by atoms with Crippen LogP contribution in [0.2, 0.25) is 0 Å². The first kappa shape index (κ1) is 27.0. The number of anilines is 1. The number of benzene rings is 3. The zero-order valence-electron chi connectivity index (χ0n) is 21.4. The molecule has 0 radical (unpaired) electrons. The van der Waals surface area contributed by atoms with Crippen LogP contribution in [0.1, 0.15) is 54.5 Å². The van der Waals surface area contributed by atoms with Crippen molar-refractivity contribution >= 4 is 23.0 Å². The fourth-order valence-electron chi connectivity index (χ4n) is 4.77. The summed E-state index contributed by atoms with van der Waals surface area (Å²) in [4.78, 5) is 12.4. The van der Waals surface area contributed by atoms with Crippen LogP contribution in [0.25, 0.3) is 0 Å². The molecule has 38 heavy (non-hydrogen) atoms. The Balaban J connectivity index is 1.51. The molecule has 0 saturated carbocycles. The topological polar surface area (TPSA) is 128 Å². The first-order valence-electron chi connectivity index (χ1n) is 12.8. The molecule has 5 N–H and O–H groups in total. The number of carbonyl (C=O) groups is 1. The molecule has 1 fully saturated rings. The van der Waals surface area contributed by atoms with Crippen LogP contribution < -0.4 is 15.5 Å². The van der Waals surface area contributed by atoms with Gasteiger partial charge >= 0.3 is 0 Å². The summed E-state index contributed by atoms with van der Waals surface area (Å²) in [7, 11) is 1.70. The zero-order valence-corrected chi connectivity index (χ0v) is 21.4. The first-order chi connectivity index (χ1) is 18.5. The van der Waals surface area contributed by atoms with Crippen LogP contribution in [-0.2, 0) is 9.53 Å². The van der Waals surface area contributed by atoms with E-state index in [9.17, 15) is 10.0 Å². The van der Waals surface area contributed by atoms with Crippen LogP contribution in [0.3, 0.4) is 0 Å². The fraction of sp³-hybridized carbons (Fsp3) is 0.300. The van der Waals surface area contributed by atoms with Crippen LogP contribution >= 0.6 is 0 Å². The minimum absolute atomic E-state index is 0.102. The molecule has 8 nitrogen and oxygen atoms in total. The predicted octanol–water partition coefficient (Wildman–Crippen LogP) is 5.69. The van der Waals surface area contributed by atoms with Gasteiger partial charge in [0.1, 0.15) is 17.6 Å². The van der Waals surface area contributed by atoms with Crippen LogP contribution in [0.5, 0.6) is 5.75 Å². The van der Waals surface area contributed by atoms with Gasteiger partial charge in [0.05, 0.1) is 23.4 Å². The van der Waals surface area contributed by atoms with E-state index in [0.29, 0.717) is 17.0 Å². The molecule has 1 heterocycles. The molecule has 3 atom stereocenters. The fourth-order valence-corrected chi connectivity index (χ4v) is 4.77. The molecular weight excluding hydrogens is 480 g/mol. The second-order valence-corrected chi connectivity index (χ2v) is 9.38. The molecule has 8 heteroatoms. The summed E-state index contributed by atoms with van der Waals surface area (Å²) in [5, 5.41) is 29.3. The third-order valence-electron chi connectivity index (χ3n) is 6.79. The second kappa shape index (κ2) is 13.0. The predicted molar refractivity (Wildman–Crippen MR) is 147 cm³/mol. The van der Waals surface area contributed by atoms with E-state index in [-0.39, 0.29) is 17.5 Å². The van der Waals surface area contributed by atoms with E-state index in [1.165, 1.54) is 0 Å². The van der Waals surface area contributed by atoms with Crippen LogP contribution in [0.15, 0.2) is 78.9 Å². The highest BCUT2D eigenvalue weighted by Crippen LogP contribution is 2.34. The average molecular weight is 515 g/mol. The minimum atomic E-state index is -0.676. The van der Waals surface area contributed by atoms with E-state index in [2.05, 4.69) is 10.8 Å². The number of nitrogens with one attached hydrogen (secondary N) is 4. The van der Waals surface area contributed by atoms with Crippen molar-refractivity contribution in [3.8, 4) is 5.75 Å². The molecule has 3 unspecified atom stereocenters. The van der Waals surface area contributed by atoms with Crippen molar-refractivity contribution in [1.29, 1.82) is 10.8 Å². The smallest absolute Gasteiger partial charge is 0.266 e. The Hall–Kier alpha value is -4.01. The minimum Gasteiger partial charge on any atom is -0.486 e. The third kappa shape index (κ3) is 6.45. The van der Waals surface area contributed by atoms with Gasteiger partial charge in [0.15, 0.2) is 0 Å². The van der Waals surface area contributed by atoms with E-state index in [1.807, 2.05) is 72.8 Å². The van der Waals surface area contributed by atoms with Crippen molar-refractivity contribution in [3.05, 3.63) is 95.6 Å². The summed E-state index contributed by atoms with van der Waals surface area (Å²) in [6, 6.07) is 23.7. The highest BCUT2D eigenvalue weighted by Gasteiger charge is 2.41. The van der Waals surface area contributed by atoms with Gasteiger partial charge in [-0.1, -0.05) is 61.0 Å². The molecule has 4 rings (SSSR count). The lowest BCUT2D eigenvalue weighted by molar-refractivity contribution is -0.114. The zero-order chi connectivity index (χ0) is 26.9.